The third-order valence-corrected chi connectivity index (χ3v) is 4.93. The summed E-state index contributed by atoms with van der Waals surface area (Å²) in [7, 11) is -1.78. The van der Waals surface area contributed by atoms with Crippen LogP contribution in [0.1, 0.15) is 6.92 Å². The molecule has 0 radical (unpaired) electrons. The SMILES string of the molecule is CC1(S(=O)c2ccccc2)C(=O)NCCN1C(=O)O. The molecule has 2 unspecified atom stereocenters. The van der Waals surface area contributed by atoms with E-state index in [0.717, 1.165) is 4.90 Å². The van der Waals surface area contributed by atoms with Crippen molar-refractivity contribution >= 4 is 22.8 Å². The number of nitrogens with one attached hydrogen (secondary N) is 1. The molecule has 102 valence electrons. The van der Waals surface area contributed by atoms with Crippen molar-refractivity contribution in [3.05, 3.63) is 30.3 Å². The topological polar surface area (TPSA) is 86.7 Å². The van der Waals surface area contributed by atoms with Crippen molar-refractivity contribution in [3.63, 3.8) is 0 Å². The van der Waals surface area contributed by atoms with Gasteiger partial charge in [-0.2, -0.15) is 0 Å². The van der Waals surface area contributed by atoms with Crippen molar-refractivity contribution in [1.82, 2.24) is 10.2 Å². The molecule has 0 aromatic heterocycles. The number of carbonyl (C=O) groups excluding carboxylic acids is 1. The maximum atomic E-state index is 12.6. The van der Waals surface area contributed by atoms with Crippen LogP contribution in [0.2, 0.25) is 0 Å². The van der Waals surface area contributed by atoms with Crippen molar-refractivity contribution in [2.75, 3.05) is 13.1 Å². The van der Waals surface area contributed by atoms with Gasteiger partial charge in [-0.3, -0.25) is 13.9 Å². The second-order valence-electron chi connectivity index (χ2n) is 4.25. The zero-order valence-corrected chi connectivity index (χ0v) is 11.1. The van der Waals surface area contributed by atoms with Crippen LogP contribution in [0.5, 0.6) is 0 Å². The fourth-order valence-electron chi connectivity index (χ4n) is 2.02. The van der Waals surface area contributed by atoms with Crippen molar-refractivity contribution in [1.29, 1.82) is 0 Å². The minimum atomic E-state index is -1.78. The van der Waals surface area contributed by atoms with E-state index in [0.29, 0.717) is 4.90 Å². The molecule has 0 bridgehead atoms. The number of carboxylic acid groups (broad SMARTS) is 1. The Bertz CT molecular complexity index is 534. The van der Waals surface area contributed by atoms with Gasteiger partial charge in [0.05, 0.1) is 10.8 Å². The van der Waals surface area contributed by atoms with Gasteiger partial charge in [0.1, 0.15) is 0 Å². The fourth-order valence-corrected chi connectivity index (χ4v) is 3.49. The summed E-state index contributed by atoms with van der Waals surface area (Å²) in [4.78, 5) is 23.1. The van der Waals surface area contributed by atoms with Gasteiger partial charge in [-0.25, -0.2) is 4.79 Å². The molecule has 1 aromatic carbocycles. The summed E-state index contributed by atoms with van der Waals surface area (Å²) in [5.74, 6) is -0.539. The normalized spacial score (nSPS) is 24.7. The zero-order chi connectivity index (χ0) is 14.0. The number of carbonyl (C=O) groups is 2. The molecule has 6 nitrogen and oxygen atoms in total. The number of nitrogens with zero attached hydrogens (tertiary/aromatic N) is 1. The van der Waals surface area contributed by atoms with Gasteiger partial charge in [0.25, 0.3) is 5.91 Å². The van der Waals surface area contributed by atoms with E-state index >= 15 is 0 Å². The van der Waals surface area contributed by atoms with E-state index in [1.807, 2.05) is 0 Å². The minimum absolute atomic E-state index is 0.121. The molecule has 1 aliphatic heterocycles. The van der Waals surface area contributed by atoms with E-state index in [1.165, 1.54) is 6.92 Å². The lowest BCUT2D eigenvalue weighted by molar-refractivity contribution is -0.129. The summed E-state index contributed by atoms with van der Waals surface area (Å²) >= 11 is 0. The van der Waals surface area contributed by atoms with Crippen LogP contribution < -0.4 is 5.32 Å². The van der Waals surface area contributed by atoms with Gasteiger partial charge in [-0.15, -0.1) is 0 Å². The highest BCUT2D eigenvalue weighted by atomic mass is 32.2. The molecule has 1 fully saturated rings. The van der Waals surface area contributed by atoms with Gasteiger partial charge in [0.15, 0.2) is 0 Å². The summed E-state index contributed by atoms with van der Waals surface area (Å²) in [6, 6.07) is 8.39. The highest BCUT2D eigenvalue weighted by Gasteiger charge is 2.50. The van der Waals surface area contributed by atoms with Crippen LogP contribution in [0.15, 0.2) is 35.2 Å². The molecule has 2 atom stereocenters. The maximum Gasteiger partial charge on any atom is 0.408 e. The molecule has 1 saturated heterocycles. The van der Waals surface area contributed by atoms with Crippen LogP contribution in [-0.4, -0.2) is 44.2 Å². The maximum absolute atomic E-state index is 12.6. The number of benzene rings is 1. The zero-order valence-electron chi connectivity index (χ0n) is 10.3. The first-order valence-electron chi connectivity index (χ1n) is 5.73. The Morgan fingerprint density at radius 3 is 2.63 bits per heavy atom. The summed E-state index contributed by atoms with van der Waals surface area (Å²) in [6.07, 6.45) is -1.25. The van der Waals surface area contributed by atoms with E-state index in [4.69, 9.17) is 0 Å². The van der Waals surface area contributed by atoms with Crippen LogP contribution >= 0.6 is 0 Å². The van der Waals surface area contributed by atoms with Crippen molar-refractivity contribution in [2.45, 2.75) is 16.7 Å². The van der Waals surface area contributed by atoms with E-state index in [-0.39, 0.29) is 13.1 Å². The highest BCUT2D eigenvalue weighted by molar-refractivity contribution is 7.87. The van der Waals surface area contributed by atoms with Gasteiger partial charge in [-0.05, 0) is 19.1 Å². The lowest BCUT2D eigenvalue weighted by Crippen LogP contribution is -2.66. The lowest BCUT2D eigenvalue weighted by Gasteiger charge is -2.40. The summed E-state index contributed by atoms with van der Waals surface area (Å²) in [5, 5.41) is 11.8. The molecule has 2 N–H and O–H groups in total. The number of rotatable bonds is 2. The first-order chi connectivity index (χ1) is 8.98. The highest BCUT2D eigenvalue weighted by Crippen LogP contribution is 2.27. The van der Waals surface area contributed by atoms with E-state index in [9.17, 15) is 18.9 Å². The molecular formula is C12H14N2O4S. The van der Waals surface area contributed by atoms with E-state index in [2.05, 4.69) is 5.32 Å². The summed E-state index contributed by atoms with van der Waals surface area (Å²) < 4.78 is 12.6. The Kier molecular flexibility index (Phi) is 3.57. The summed E-state index contributed by atoms with van der Waals surface area (Å²) in [5.41, 5.74) is 0. The van der Waals surface area contributed by atoms with Gasteiger partial charge in [0.2, 0.25) is 4.87 Å². The van der Waals surface area contributed by atoms with E-state index < -0.39 is 27.7 Å². The lowest BCUT2D eigenvalue weighted by atomic mass is 10.2. The van der Waals surface area contributed by atoms with Crippen LogP contribution in [-0.2, 0) is 15.6 Å². The Morgan fingerprint density at radius 1 is 1.42 bits per heavy atom. The van der Waals surface area contributed by atoms with Gasteiger partial charge in [-0.1, -0.05) is 18.2 Å². The van der Waals surface area contributed by atoms with Crippen molar-refractivity contribution < 1.29 is 18.9 Å². The van der Waals surface area contributed by atoms with Gasteiger partial charge in [0, 0.05) is 18.0 Å². The first-order valence-corrected chi connectivity index (χ1v) is 6.88. The van der Waals surface area contributed by atoms with Crippen LogP contribution in [0.3, 0.4) is 0 Å². The molecule has 7 heteroatoms. The van der Waals surface area contributed by atoms with Crippen molar-refractivity contribution in [3.8, 4) is 0 Å². The molecular weight excluding hydrogens is 268 g/mol. The number of piperazine rings is 1. The second-order valence-corrected chi connectivity index (χ2v) is 6.06. The molecule has 2 amide bonds. The van der Waals surface area contributed by atoms with Gasteiger partial charge < -0.3 is 10.4 Å². The molecule has 0 saturated carbocycles. The quantitative estimate of drug-likeness (QED) is 0.832. The van der Waals surface area contributed by atoms with Crippen LogP contribution in [0.4, 0.5) is 4.79 Å². The third-order valence-electron chi connectivity index (χ3n) is 3.11. The molecule has 0 aliphatic carbocycles. The Balaban J connectivity index is 2.45. The first kappa shape index (κ1) is 13.5. The smallest absolute Gasteiger partial charge is 0.408 e. The number of hydrogen-bond acceptors (Lipinski definition) is 3. The third kappa shape index (κ3) is 2.21. The Morgan fingerprint density at radius 2 is 2.05 bits per heavy atom. The van der Waals surface area contributed by atoms with Crippen molar-refractivity contribution in [2.24, 2.45) is 0 Å². The Hall–Kier alpha value is -1.89. The largest absolute Gasteiger partial charge is 0.465 e. The van der Waals surface area contributed by atoms with Crippen LogP contribution in [0, 0.1) is 0 Å². The molecule has 2 rings (SSSR count). The second kappa shape index (κ2) is 5.00. The van der Waals surface area contributed by atoms with Crippen LogP contribution in [0.25, 0.3) is 0 Å². The molecule has 1 heterocycles. The molecule has 1 aliphatic rings. The average Bonchev–Trinajstić information content (AvgIpc) is 2.41. The van der Waals surface area contributed by atoms with E-state index in [1.54, 1.807) is 30.3 Å². The molecule has 19 heavy (non-hydrogen) atoms. The standard InChI is InChI=1S/C12H14N2O4S/c1-12(19(18)9-5-3-2-4-6-9)10(15)13-7-8-14(12)11(16)17/h2-6H,7-8H2,1H3,(H,13,15)(H,16,17). The summed E-state index contributed by atoms with van der Waals surface area (Å²) in [6.45, 7) is 1.74. The Labute approximate surface area is 112 Å². The molecule has 0 spiro atoms. The monoisotopic (exact) mass is 282 g/mol. The fraction of sp³-hybridized carbons (Fsp3) is 0.333. The number of amides is 2. The average molecular weight is 282 g/mol. The minimum Gasteiger partial charge on any atom is -0.465 e. The molecule has 1 aromatic rings. The number of hydrogen-bond donors (Lipinski definition) is 2. The predicted molar refractivity (Wildman–Crippen MR) is 69.0 cm³/mol. The van der Waals surface area contributed by atoms with Gasteiger partial charge >= 0.3 is 6.09 Å². The predicted octanol–water partition coefficient (Wildman–Crippen LogP) is 0.620.